The molecule has 2 aromatic heterocycles. The van der Waals surface area contributed by atoms with Crippen LogP contribution in [0.15, 0.2) is 59.1 Å². The summed E-state index contributed by atoms with van der Waals surface area (Å²) in [5, 5.41) is 13.5. The maximum Gasteiger partial charge on any atom is 0.254 e. The van der Waals surface area contributed by atoms with Crippen LogP contribution in [0.25, 0.3) is 33.6 Å². The number of amides is 1. The normalized spacial score (nSPS) is 20.5. The third-order valence-corrected chi connectivity index (χ3v) is 10.1. The number of pyridine rings is 1. The van der Waals surface area contributed by atoms with E-state index in [1.54, 1.807) is 13.3 Å². The fraction of sp³-hybridized carbons (Fsp3) is 0.432. The number of nitriles is 1. The van der Waals surface area contributed by atoms with E-state index in [2.05, 4.69) is 28.5 Å². The van der Waals surface area contributed by atoms with Crippen molar-refractivity contribution in [3.8, 4) is 34.3 Å². The summed E-state index contributed by atoms with van der Waals surface area (Å²) in [7, 11) is 1.62. The number of fused-ring (bicyclic) bond motifs is 1. The largest absolute Gasteiger partial charge is 0.496 e. The summed E-state index contributed by atoms with van der Waals surface area (Å²) in [6.07, 6.45) is 9.25. The van der Waals surface area contributed by atoms with E-state index in [-0.39, 0.29) is 11.3 Å². The highest BCUT2D eigenvalue weighted by atomic mass is 16.5. The average Bonchev–Trinajstić information content (AvgIpc) is 3.74. The Kier molecular flexibility index (Phi) is 8.31. The number of nitrogens with one attached hydrogen (secondary N) is 1. The molecule has 0 aliphatic carbocycles. The summed E-state index contributed by atoms with van der Waals surface area (Å²) in [6, 6.07) is 18.0. The van der Waals surface area contributed by atoms with Crippen molar-refractivity contribution >= 4 is 17.0 Å². The Morgan fingerprint density at radius 2 is 2.02 bits per heavy atom. The van der Waals surface area contributed by atoms with Gasteiger partial charge in [-0.3, -0.25) is 9.78 Å². The van der Waals surface area contributed by atoms with Crippen LogP contribution in [-0.4, -0.2) is 62.3 Å². The number of aryl methyl sites for hydroxylation is 1. The Bertz CT molecular complexity index is 1740. The molecule has 1 unspecified atom stereocenters. The van der Waals surface area contributed by atoms with Gasteiger partial charge in [0.25, 0.3) is 5.91 Å². The van der Waals surface area contributed by atoms with Gasteiger partial charge in [-0.05, 0) is 98.9 Å². The first-order valence-corrected chi connectivity index (χ1v) is 16.2. The molecule has 7 rings (SSSR count). The van der Waals surface area contributed by atoms with E-state index in [1.807, 2.05) is 41.3 Å². The molecule has 8 heteroatoms. The number of carbonyl (C=O) groups is 1. The van der Waals surface area contributed by atoms with Crippen LogP contribution >= 0.6 is 0 Å². The van der Waals surface area contributed by atoms with Gasteiger partial charge < -0.3 is 24.1 Å². The van der Waals surface area contributed by atoms with Crippen molar-refractivity contribution in [2.24, 2.45) is 11.3 Å². The van der Waals surface area contributed by atoms with Crippen molar-refractivity contribution in [3.63, 3.8) is 0 Å². The maximum atomic E-state index is 13.6. The molecule has 1 N–H and O–H groups in total. The van der Waals surface area contributed by atoms with Gasteiger partial charge >= 0.3 is 0 Å². The van der Waals surface area contributed by atoms with Gasteiger partial charge in [-0.1, -0.05) is 12.1 Å². The number of hydrogen-bond acceptors (Lipinski definition) is 7. The SMILES string of the molecule is COc1cc(C(=O)N2CCCC3(CCNC3)C2)ccc1-c1cc2nccc(-c3ccc(CCC4CCOCC4)c(C#N)c3)c2o1. The number of carbonyl (C=O) groups excluding carboxylic acids is 1. The van der Waals surface area contributed by atoms with E-state index in [0.717, 1.165) is 106 Å². The number of hydrogen-bond donors (Lipinski definition) is 1. The molecule has 1 atom stereocenters. The number of piperidine rings is 1. The van der Waals surface area contributed by atoms with Crippen molar-refractivity contribution in [2.45, 2.75) is 44.9 Å². The molecular formula is C37H40N4O4. The van der Waals surface area contributed by atoms with Crippen molar-refractivity contribution in [2.75, 3.05) is 46.5 Å². The lowest BCUT2D eigenvalue weighted by atomic mass is 9.79. The minimum absolute atomic E-state index is 0.0453. The second kappa shape index (κ2) is 12.7. The third-order valence-electron chi connectivity index (χ3n) is 10.1. The molecule has 4 aromatic rings. The Morgan fingerprint density at radius 3 is 2.82 bits per heavy atom. The molecule has 3 fully saturated rings. The van der Waals surface area contributed by atoms with Gasteiger partial charge in [0.15, 0.2) is 5.58 Å². The Morgan fingerprint density at radius 1 is 1.13 bits per heavy atom. The smallest absolute Gasteiger partial charge is 0.254 e. The highest BCUT2D eigenvalue weighted by Gasteiger charge is 2.39. The summed E-state index contributed by atoms with van der Waals surface area (Å²) >= 11 is 0. The van der Waals surface area contributed by atoms with Crippen molar-refractivity contribution in [3.05, 3.63) is 71.4 Å². The van der Waals surface area contributed by atoms with Gasteiger partial charge in [0, 0.05) is 61.7 Å². The van der Waals surface area contributed by atoms with Crippen molar-refractivity contribution < 1.29 is 18.7 Å². The minimum Gasteiger partial charge on any atom is -0.496 e. The van der Waals surface area contributed by atoms with E-state index in [1.165, 1.54) is 6.42 Å². The maximum absolute atomic E-state index is 13.6. The van der Waals surface area contributed by atoms with Crippen LogP contribution in [0.2, 0.25) is 0 Å². The monoisotopic (exact) mass is 604 g/mol. The number of aromatic nitrogens is 1. The quantitative estimate of drug-likeness (QED) is 0.253. The molecule has 0 saturated carbocycles. The van der Waals surface area contributed by atoms with Gasteiger partial charge in [0.05, 0.1) is 24.3 Å². The van der Waals surface area contributed by atoms with Crippen molar-refractivity contribution in [1.29, 1.82) is 5.26 Å². The van der Waals surface area contributed by atoms with Crippen LogP contribution in [0.5, 0.6) is 5.75 Å². The predicted octanol–water partition coefficient (Wildman–Crippen LogP) is 6.62. The Balaban J connectivity index is 1.14. The van der Waals surface area contributed by atoms with E-state index in [0.29, 0.717) is 34.1 Å². The molecule has 3 aliphatic rings. The second-order valence-electron chi connectivity index (χ2n) is 12.9. The highest BCUT2D eigenvalue weighted by molar-refractivity contribution is 5.97. The Labute approximate surface area is 264 Å². The zero-order valence-electron chi connectivity index (χ0n) is 25.9. The molecule has 1 spiro atoms. The van der Waals surface area contributed by atoms with Gasteiger partial charge in [-0.2, -0.15) is 5.26 Å². The number of ether oxygens (including phenoxy) is 2. The van der Waals surface area contributed by atoms with Crippen LogP contribution in [0, 0.1) is 22.7 Å². The average molecular weight is 605 g/mol. The van der Waals surface area contributed by atoms with Crippen LogP contribution in [0.4, 0.5) is 0 Å². The first-order valence-electron chi connectivity index (χ1n) is 16.2. The zero-order chi connectivity index (χ0) is 30.8. The molecule has 1 amide bonds. The third kappa shape index (κ3) is 5.95. The molecule has 232 valence electrons. The van der Waals surface area contributed by atoms with Crippen LogP contribution in [0.3, 0.4) is 0 Å². The first-order chi connectivity index (χ1) is 22.1. The van der Waals surface area contributed by atoms with Gasteiger partial charge in [0.1, 0.15) is 17.0 Å². The molecule has 0 bridgehead atoms. The molecular weight excluding hydrogens is 564 g/mol. The number of rotatable bonds is 7. The lowest BCUT2D eigenvalue weighted by Crippen LogP contribution is -2.47. The lowest BCUT2D eigenvalue weighted by molar-refractivity contribution is 0.0553. The summed E-state index contributed by atoms with van der Waals surface area (Å²) < 4.78 is 17.7. The number of nitrogens with zero attached hydrogens (tertiary/aromatic N) is 3. The van der Waals surface area contributed by atoms with Crippen LogP contribution in [0.1, 0.15) is 60.0 Å². The van der Waals surface area contributed by atoms with E-state index in [9.17, 15) is 10.1 Å². The van der Waals surface area contributed by atoms with Crippen molar-refractivity contribution in [1.82, 2.24) is 15.2 Å². The fourth-order valence-corrected chi connectivity index (χ4v) is 7.49. The number of benzene rings is 2. The highest BCUT2D eigenvalue weighted by Crippen LogP contribution is 2.39. The Hall–Kier alpha value is -4.19. The van der Waals surface area contributed by atoms with E-state index >= 15 is 0 Å². The van der Waals surface area contributed by atoms with Gasteiger partial charge in [-0.25, -0.2) is 0 Å². The summed E-state index contributed by atoms with van der Waals surface area (Å²) in [4.78, 5) is 20.2. The standard InChI is InChI=1S/C37H40N4O4/c1-43-33-20-28(36(42)41-16-2-12-37(24-41)13-15-39-23-37)7-8-31(33)34-21-32-35(45-34)30(9-14-40-32)27-6-5-26(29(19-27)22-38)4-3-25-10-17-44-18-11-25/h5-9,14,19-21,25,39H,2-4,10-13,15-18,23-24H2,1H3. The second-order valence-corrected chi connectivity index (χ2v) is 12.9. The molecule has 2 aromatic carbocycles. The summed E-state index contributed by atoms with van der Waals surface area (Å²) in [5.74, 6) is 1.89. The summed E-state index contributed by atoms with van der Waals surface area (Å²) in [5.41, 5.74) is 6.52. The zero-order valence-corrected chi connectivity index (χ0v) is 25.9. The van der Waals surface area contributed by atoms with Crippen LogP contribution in [-0.2, 0) is 11.2 Å². The fourth-order valence-electron chi connectivity index (χ4n) is 7.49. The van der Waals surface area contributed by atoms with E-state index in [4.69, 9.17) is 13.9 Å². The molecule has 45 heavy (non-hydrogen) atoms. The molecule has 5 heterocycles. The number of methoxy groups -OCH3 is 1. The topological polar surface area (TPSA) is 101 Å². The van der Waals surface area contributed by atoms with Crippen LogP contribution < -0.4 is 10.1 Å². The molecule has 0 radical (unpaired) electrons. The number of furan rings is 1. The van der Waals surface area contributed by atoms with Gasteiger partial charge in [-0.15, -0.1) is 0 Å². The lowest BCUT2D eigenvalue weighted by Gasteiger charge is -2.40. The first kappa shape index (κ1) is 29.5. The molecule has 8 nitrogen and oxygen atoms in total. The molecule has 3 aliphatic heterocycles. The summed E-state index contributed by atoms with van der Waals surface area (Å²) in [6.45, 7) is 5.27. The predicted molar refractivity (Wildman–Crippen MR) is 173 cm³/mol. The van der Waals surface area contributed by atoms with Gasteiger partial charge in [0.2, 0.25) is 0 Å². The minimum atomic E-state index is 0.0453. The molecule has 3 saturated heterocycles. The van der Waals surface area contributed by atoms with E-state index < -0.39 is 0 Å². The number of likely N-dealkylation sites (tertiary alicyclic amines) is 1.